The molecular weight excluding hydrogens is 310 g/mol. The molecule has 1 aromatic rings. The Bertz CT molecular complexity index is 425. The fraction of sp³-hybridized carbons (Fsp3) is 0.500. The Hall–Kier alpha value is -1.07. The predicted octanol–water partition coefficient (Wildman–Crippen LogP) is 3.40. The molecule has 2 unspecified atom stereocenters. The minimum absolute atomic E-state index is 0.434. The van der Waals surface area contributed by atoms with Crippen molar-refractivity contribution < 1.29 is 14.6 Å². The van der Waals surface area contributed by atoms with Crippen LogP contribution in [0.25, 0.3) is 0 Å². The van der Waals surface area contributed by atoms with Crippen molar-refractivity contribution in [3.63, 3.8) is 0 Å². The van der Waals surface area contributed by atoms with E-state index in [2.05, 4.69) is 21.2 Å². The number of hydrogen-bond acceptors (Lipinski definition) is 3. The van der Waals surface area contributed by atoms with Gasteiger partial charge in [-0.1, -0.05) is 28.1 Å². The molecule has 4 nitrogen and oxygen atoms in total. The molecule has 1 aromatic carbocycles. The molecular formula is C14H20BrNO3. The molecule has 0 aliphatic rings. The Morgan fingerprint density at radius 1 is 1.32 bits per heavy atom. The molecule has 0 fully saturated rings. The van der Waals surface area contributed by atoms with Crippen molar-refractivity contribution in [2.45, 2.75) is 45.4 Å². The van der Waals surface area contributed by atoms with E-state index in [0.717, 1.165) is 10.0 Å². The number of nitrogens with one attached hydrogen (secondary N) is 1. The van der Waals surface area contributed by atoms with Crippen LogP contribution in [-0.2, 0) is 4.74 Å². The number of aliphatic hydroxyl groups is 1. The van der Waals surface area contributed by atoms with Crippen molar-refractivity contribution in [3.8, 4) is 0 Å². The van der Waals surface area contributed by atoms with E-state index in [9.17, 15) is 9.90 Å². The van der Waals surface area contributed by atoms with Gasteiger partial charge in [0.2, 0.25) is 0 Å². The zero-order valence-corrected chi connectivity index (χ0v) is 13.2. The van der Waals surface area contributed by atoms with Crippen LogP contribution in [0.15, 0.2) is 28.7 Å². The summed E-state index contributed by atoms with van der Waals surface area (Å²) in [6, 6.07) is 6.87. The highest BCUT2D eigenvalue weighted by atomic mass is 79.9. The van der Waals surface area contributed by atoms with E-state index in [1.165, 1.54) is 0 Å². The molecule has 0 heterocycles. The summed E-state index contributed by atoms with van der Waals surface area (Å²) < 4.78 is 6.09. The highest BCUT2D eigenvalue weighted by Crippen LogP contribution is 2.19. The summed E-state index contributed by atoms with van der Waals surface area (Å²) in [6.45, 7) is 7.11. The van der Waals surface area contributed by atoms with E-state index in [4.69, 9.17) is 4.74 Å². The minimum Gasteiger partial charge on any atom is -0.444 e. The third-order valence-electron chi connectivity index (χ3n) is 2.43. The average Bonchev–Trinajstić information content (AvgIpc) is 2.26. The molecule has 5 heteroatoms. The number of carbonyl (C=O) groups excluding carboxylic acids is 1. The summed E-state index contributed by atoms with van der Waals surface area (Å²) in [5.41, 5.74) is 0.193. The summed E-state index contributed by atoms with van der Waals surface area (Å²) in [7, 11) is 0. The first-order valence-electron chi connectivity index (χ1n) is 6.12. The molecule has 0 saturated carbocycles. The van der Waals surface area contributed by atoms with Gasteiger partial charge in [-0.2, -0.15) is 0 Å². The lowest BCUT2D eigenvalue weighted by Crippen LogP contribution is -2.40. The van der Waals surface area contributed by atoms with Crippen LogP contribution >= 0.6 is 15.9 Å². The Kier molecular flexibility index (Phi) is 5.38. The largest absolute Gasteiger partial charge is 0.444 e. The monoisotopic (exact) mass is 329 g/mol. The van der Waals surface area contributed by atoms with Gasteiger partial charge in [0.05, 0.1) is 12.1 Å². The van der Waals surface area contributed by atoms with E-state index < -0.39 is 23.8 Å². The molecule has 1 rings (SSSR count). The van der Waals surface area contributed by atoms with Gasteiger partial charge in [-0.15, -0.1) is 0 Å². The molecule has 106 valence electrons. The first-order chi connectivity index (χ1) is 8.69. The number of hydrogen-bond donors (Lipinski definition) is 2. The smallest absolute Gasteiger partial charge is 0.407 e. The number of halogens is 1. The molecule has 0 spiro atoms. The van der Waals surface area contributed by atoms with Crippen LogP contribution in [0.4, 0.5) is 4.79 Å². The first kappa shape index (κ1) is 16.0. The second-order valence-corrected chi connectivity index (χ2v) is 6.35. The third-order valence-corrected chi connectivity index (χ3v) is 2.96. The fourth-order valence-corrected chi connectivity index (χ4v) is 1.79. The molecule has 0 aliphatic carbocycles. The molecule has 1 amide bonds. The Labute approximate surface area is 122 Å². The van der Waals surface area contributed by atoms with Gasteiger partial charge >= 0.3 is 6.09 Å². The molecule has 0 bridgehead atoms. The maximum Gasteiger partial charge on any atom is 0.407 e. The van der Waals surface area contributed by atoms with Crippen molar-refractivity contribution in [2.24, 2.45) is 0 Å². The maximum atomic E-state index is 11.6. The topological polar surface area (TPSA) is 58.6 Å². The molecule has 19 heavy (non-hydrogen) atoms. The van der Waals surface area contributed by atoms with E-state index in [1.54, 1.807) is 27.7 Å². The zero-order chi connectivity index (χ0) is 14.6. The van der Waals surface area contributed by atoms with Gasteiger partial charge in [0.15, 0.2) is 0 Å². The lowest BCUT2D eigenvalue weighted by Gasteiger charge is -2.24. The van der Waals surface area contributed by atoms with Gasteiger partial charge in [-0.05, 0) is 45.4 Å². The van der Waals surface area contributed by atoms with Gasteiger partial charge in [-0.3, -0.25) is 0 Å². The SMILES string of the molecule is CC(NC(=O)OC(C)(C)C)C(O)c1ccc(Br)cc1. The second kappa shape index (κ2) is 6.39. The number of rotatable bonds is 3. The minimum atomic E-state index is -0.777. The van der Waals surface area contributed by atoms with Gasteiger partial charge in [-0.25, -0.2) is 4.79 Å². The molecule has 2 atom stereocenters. The van der Waals surface area contributed by atoms with Crippen LogP contribution in [0.1, 0.15) is 39.4 Å². The Morgan fingerprint density at radius 3 is 2.32 bits per heavy atom. The summed E-state index contributed by atoms with van der Waals surface area (Å²) in [5, 5.41) is 12.8. The summed E-state index contributed by atoms with van der Waals surface area (Å²) in [4.78, 5) is 11.6. The predicted molar refractivity (Wildman–Crippen MR) is 77.9 cm³/mol. The number of alkyl carbamates (subject to hydrolysis) is 1. The maximum absolute atomic E-state index is 11.6. The lowest BCUT2D eigenvalue weighted by atomic mass is 10.0. The van der Waals surface area contributed by atoms with Crippen LogP contribution < -0.4 is 5.32 Å². The van der Waals surface area contributed by atoms with Gasteiger partial charge in [0, 0.05) is 4.47 Å². The number of amides is 1. The van der Waals surface area contributed by atoms with Crippen molar-refractivity contribution in [1.82, 2.24) is 5.32 Å². The lowest BCUT2D eigenvalue weighted by molar-refractivity contribution is 0.0436. The zero-order valence-electron chi connectivity index (χ0n) is 11.6. The van der Waals surface area contributed by atoms with E-state index in [1.807, 2.05) is 24.3 Å². The average molecular weight is 330 g/mol. The first-order valence-corrected chi connectivity index (χ1v) is 6.91. The normalized spacial score (nSPS) is 14.6. The molecule has 0 saturated heterocycles. The van der Waals surface area contributed by atoms with Crippen LogP contribution in [0.3, 0.4) is 0 Å². The van der Waals surface area contributed by atoms with Crippen LogP contribution in [-0.4, -0.2) is 22.8 Å². The molecule has 0 aromatic heterocycles. The van der Waals surface area contributed by atoms with E-state index in [0.29, 0.717) is 0 Å². The van der Waals surface area contributed by atoms with Gasteiger partial charge in [0.25, 0.3) is 0 Å². The van der Waals surface area contributed by atoms with Gasteiger partial charge < -0.3 is 15.2 Å². The van der Waals surface area contributed by atoms with Crippen LogP contribution in [0, 0.1) is 0 Å². The van der Waals surface area contributed by atoms with Crippen LogP contribution in [0.5, 0.6) is 0 Å². The number of ether oxygens (including phenoxy) is 1. The van der Waals surface area contributed by atoms with Gasteiger partial charge in [0.1, 0.15) is 5.60 Å². The van der Waals surface area contributed by atoms with E-state index >= 15 is 0 Å². The fourth-order valence-electron chi connectivity index (χ4n) is 1.52. The number of carbonyl (C=O) groups is 1. The van der Waals surface area contributed by atoms with Crippen molar-refractivity contribution >= 4 is 22.0 Å². The molecule has 0 aliphatic heterocycles. The molecule has 0 radical (unpaired) electrons. The summed E-state index contributed by atoms with van der Waals surface area (Å²) in [5.74, 6) is 0. The summed E-state index contributed by atoms with van der Waals surface area (Å²) in [6.07, 6.45) is -1.31. The third kappa shape index (κ3) is 5.61. The Morgan fingerprint density at radius 2 is 1.84 bits per heavy atom. The van der Waals surface area contributed by atoms with Crippen molar-refractivity contribution in [3.05, 3.63) is 34.3 Å². The summed E-state index contributed by atoms with van der Waals surface area (Å²) >= 11 is 3.33. The molecule has 2 N–H and O–H groups in total. The standard InChI is InChI=1S/C14H20BrNO3/c1-9(16-13(18)19-14(2,3)4)12(17)10-5-7-11(15)8-6-10/h5-9,12,17H,1-4H3,(H,16,18). The highest BCUT2D eigenvalue weighted by Gasteiger charge is 2.22. The second-order valence-electron chi connectivity index (χ2n) is 5.43. The number of benzene rings is 1. The van der Waals surface area contributed by atoms with E-state index in [-0.39, 0.29) is 0 Å². The van der Waals surface area contributed by atoms with Crippen molar-refractivity contribution in [1.29, 1.82) is 0 Å². The number of aliphatic hydroxyl groups excluding tert-OH is 1. The quantitative estimate of drug-likeness (QED) is 0.893. The Balaban J connectivity index is 2.60. The van der Waals surface area contributed by atoms with Crippen LogP contribution in [0.2, 0.25) is 0 Å². The van der Waals surface area contributed by atoms with Crippen molar-refractivity contribution in [2.75, 3.05) is 0 Å². The highest BCUT2D eigenvalue weighted by molar-refractivity contribution is 9.10.